The van der Waals surface area contributed by atoms with Gasteiger partial charge in [0.05, 0.1) is 12.3 Å². The summed E-state index contributed by atoms with van der Waals surface area (Å²) in [5.74, 6) is -1.05. The fraction of sp³-hybridized carbons (Fsp3) is 0.250. The van der Waals surface area contributed by atoms with Crippen molar-refractivity contribution in [3.63, 3.8) is 0 Å². The van der Waals surface area contributed by atoms with E-state index in [0.717, 1.165) is 25.3 Å². The molecule has 6 nitrogen and oxygen atoms in total. The molecule has 0 radical (unpaired) electrons. The van der Waals surface area contributed by atoms with Gasteiger partial charge in [0.1, 0.15) is 11.6 Å². The average molecular weight is 421 g/mol. The van der Waals surface area contributed by atoms with Crippen molar-refractivity contribution >= 4 is 11.8 Å². The fourth-order valence-corrected chi connectivity index (χ4v) is 3.81. The molecule has 0 fully saturated rings. The molecule has 2 heterocycles. The number of rotatable bonds is 6. The lowest BCUT2D eigenvalue weighted by Crippen LogP contribution is -2.45. The summed E-state index contributed by atoms with van der Waals surface area (Å²) >= 11 is 0. The summed E-state index contributed by atoms with van der Waals surface area (Å²) in [4.78, 5) is 26.8. The topological polar surface area (TPSA) is 74.6 Å². The molecule has 3 aromatic rings. The van der Waals surface area contributed by atoms with Crippen LogP contribution in [0.1, 0.15) is 28.5 Å². The second kappa shape index (κ2) is 9.57. The minimum atomic E-state index is -0.730. The van der Waals surface area contributed by atoms with Crippen LogP contribution in [0.2, 0.25) is 0 Å². The maximum atomic E-state index is 13.0. The van der Waals surface area contributed by atoms with Gasteiger partial charge in [-0.05, 0) is 47.4 Å². The zero-order valence-electron chi connectivity index (χ0n) is 17.0. The monoisotopic (exact) mass is 421 g/mol. The molecule has 1 atom stereocenters. The molecule has 0 aliphatic carbocycles. The largest absolute Gasteiger partial charge is 0.468 e. The predicted molar refractivity (Wildman–Crippen MR) is 113 cm³/mol. The van der Waals surface area contributed by atoms with Crippen LogP contribution < -0.4 is 10.6 Å². The first-order valence-electron chi connectivity index (χ1n) is 10.2. The zero-order valence-corrected chi connectivity index (χ0v) is 17.0. The highest BCUT2D eigenvalue weighted by atomic mass is 19.1. The number of benzene rings is 2. The quantitative estimate of drug-likeness (QED) is 0.600. The van der Waals surface area contributed by atoms with Crippen LogP contribution in [0.15, 0.2) is 71.3 Å². The summed E-state index contributed by atoms with van der Waals surface area (Å²) in [5.41, 5.74) is 3.30. The fourth-order valence-electron chi connectivity index (χ4n) is 3.81. The molecule has 160 valence electrons. The lowest BCUT2D eigenvalue weighted by atomic mass is 9.98. The van der Waals surface area contributed by atoms with Gasteiger partial charge in [-0.15, -0.1) is 0 Å². The first-order valence-corrected chi connectivity index (χ1v) is 10.2. The lowest BCUT2D eigenvalue weighted by Gasteiger charge is -2.34. The summed E-state index contributed by atoms with van der Waals surface area (Å²) in [6, 6.07) is 17.6. The predicted octanol–water partition coefficient (Wildman–Crippen LogP) is 2.95. The van der Waals surface area contributed by atoms with Gasteiger partial charge in [0.25, 0.3) is 0 Å². The Kier molecular flexibility index (Phi) is 6.43. The lowest BCUT2D eigenvalue weighted by molar-refractivity contribution is -0.139. The molecule has 1 aliphatic rings. The molecule has 1 aliphatic heterocycles. The van der Waals surface area contributed by atoms with E-state index in [1.807, 2.05) is 24.3 Å². The number of carbonyl (C=O) groups is 2. The van der Waals surface area contributed by atoms with Crippen LogP contribution in [0.3, 0.4) is 0 Å². The van der Waals surface area contributed by atoms with Crippen LogP contribution in [0, 0.1) is 5.82 Å². The van der Waals surface area contributed by atoms with Gasteiger partial charge >= 0.3 is 11.8 Å². The van der Waals surface area contributed by atoms with Crippen LogP contribution in [-0.2, 0) is 29.1 Å². The second-order valence-electron chi connectivity index (χ2n) is 7.54. The van der Waals surface area contributed by atoms with E-state index in [1.54, 1.807) is 18.4 Å². The number of amides is 2. The molecular formula is C24H24FN3O3. The van der Waals surface area contributed by atoms with E-state index >= 15 is 0 Å². The first kappa shape index (κ1) is 20.8. The van der Waals surface area contributed by atoms with E-state index in [0.29, 0.717) is 5.56 Å². The van der Waals surface area contributed by atoms with E-state index < -0.39 is 11.8 Å². The summed E-state index contributed by atoms with van der Waals surface area (Å²) in [5, 5.41) is 5.28. The van der Waals surface area contributed by atoms with E-state index in [4.69, 9.17) is 4.42 Å². The molecule has 2 amide bonds. The van der Waals surface area contributed by atoms with Crippen molar-refractivity contribution in [3.05, 3.63) is 95.2 Å². The highest BCUT2D eigenvalue weighted by Crippen LogP contribution is 2.27. The number of hydrogen-bond donors (Lipinski definition) is 2. The summed E-state index contributed by atoms with van der Waals surface area (Å²) in [6.07, 6.45) is 2.52. The second-order valence-corrected chi connectivity index (χ2v) is 7.54. The Hall–Kier alpha value is -3.45. The van der Waals surface area contributed by atoms with Crippen molar-refractivity contribution in [3.8, 4) is 0 Å². The first-order chi connectivity index (χ1) is 15.1. The van der Waals surface area contributed by atoms with Crippen LogP contribution in [0.25, 0.3) is 0 Å². The van der Waals surface area contributed by atoms with Crippen molar-refractivity contribution in [2.24, 2.45) is 0 Å². The van der Waals surface area contributed by atoms with Gasteiger partial charge in [-0.3, -0.25) is 14.5 Å². The number of nitrogens with one attached hydrogen (secondary N) is 2. The molecule has 2 N–H and O–H groups in total. The summed E-state index contributed by atoms with van der Waals surface area (Å²) in [6.45, 7) is 1.97. The molecule has 0 saturated heterocycles. The third kappa shape index (κ3) is 5.19. The minimum absolute atomic E-state index is 0.150. The van der Waals surface area contributed by atoms with E-state index in [-0.39, 0.29) is 24.9 Å². The van der Waals surface area contributed by atoms with Crippen molar-refractivity contribution in [2.45, 2.75) is 25.6 Å². The van der Waals surface area contributed by atoms with Crippen LogP contribution in [-0.4, -0.2) is 29.8 Å². The van der Waals surface area contributed by atoms with Crippen molar-refractivity contribution in [2.75, 3.05) is 13.1 Å². The Morgan fingerprint density at radius 3 is 2.45 bits per heavy atom. The van der Waals surface area contributed by atoms with Gasteiger partial charge < -0.3 is 15.1 Å². The number of halogens is 1. The van der Waals surface area contributed by atoms with Crippen LogP contribution >= 0.6 is 0 Å². The number of nitrogens with zero attached hydrogens (tertiary/aromatic N) is 1. The molecule has 1 aromatic heterocycles. The van der Waals surface area contributed by atoms with Gasteiger partial charge in [-0.1, -0.05) is 36.4 Å². The molecule has 0 spiro atoms. The minimum Gasteiger partial charge on any atom is -0.468 e. The molecule has 0 bridgehead atoms. The molecule has 2 aromatic carbocycles. The van der Waals surface area contributed by atoms with Crippen molar-refractivity contribution in [1.82, 2.24) is 15.5 Å². The maximum Gasteiger partial charge on any atom is 0.309 e. The van der Waals surface area contributed by atoms with E-state index in [2.05, 4.69) is 27.7 Å². The molecule has 31 heavy (non-hydrogen) atoms. The average Bonchev–Trinajstić information content (AvgIpc) is 3.33. The molecule has 4 rings (SSSR count). The number of carbonyl (C=O) groups excluding carboxylic acids is 2. The Bertz CT molecular complexity index is 1030. The molecule has 7 heteroatoms. The molecule has 0 saturated carbocycles. The van der Waals surface area contributed by atoms with Gasteiger partial charge in [0.15, 0.2) is 0 Å². The standard InChI is InChI=1S/C24H24FN3O3/c25-20-9-7-17(8-10-20)14-26-23(29)24(30)27-15-21(22-6-3-13-31-22)28-12-11-18-4-1-2-5-19(18)16-28/h1-10,13,21H,11-12,14-16H2,(H,26,29)(H,27,30). The number of furan rings is 1. The Morgan fingerprint density at radius 1 is 0.968 bits per heavy atom. The Balaban J connectivity index is 1.36. The zero-order chi connectivity index (χ0) is 21.6. The normalized spacial score (nSPS) is 14.5. The van der Waals surface area contributed by atoms with Crippen LogP contribution in [0.4, 0.5) is 4.39 Å². The van der Waals surface area contributed by atoms with Gasteiger partial charge in [0, 0.05) is 26.2 Å². The van der Waals surface area contributed by atoms with E-state index in [1.165, 1.54) is 23.3 Å². The van der Waals surface area contributed by atoms with Gasteiger partial charge in [-0.25, -0.2) is 4.39 Å². The third-order valence-corrected chi connectivity index (χ3v) is 5.50. The third-order valence-electron chi connectivity index (χ3n) is 5.50. The van der Waals surface area contributed by atoms with Crippen molar-refractivity contribution in [1.29, 1.82) is 0 Å². The highest BCUT2D eigenvalue weighted by Gasteiger charge is 2.27. The molecular weight excluding hydrogens is 397 g/mol. The SMILES string of the molecule is O=C(NCc1ccc(F)cc1)C(=O)NCC(c1ccco1)N1CCc2ccccc2C1. The van der Waals surface area contributed by atoms with Crippen molar-refractivity contribution < 1.29 is 18.4 Å². The van der Waals surface area contributed by atoms with Crippen LogP contribution in [0.5, 0.6) is 0 Å². The number of fused-ring (bicyclic) bond motifs is 1. The Labute approximate surface area is 180 Å². The summed E-state index contributed by atoms with van der Waals surface area (Å²) in [7, 11) is 0. The smallest absolute Gasteiger partial charge is 0.309 e. The van der Waals surface area contributed by atoms with Gasteiger partial charge in [0.2, 0.25) is 0 Å². The molecule has 1 unspecified atom stereocenters. The van der Waals surface area contributed by atoms with E-state index in [9.17, 15) is 14.0 Å². The maximum absolute atomic E-state index is 13.0. The number of hydrogen-bond acceptors (Lipinski definition) is 4. The van der Waals surface area contributed by atoms with Gasteiger partial charge in [-0.2, -0.15) is 0 Å². The summed E-state index contributed by atoms with van der Waals surface area (Å²) < 4.78 is 18.6. The highest BCUT2D eigenvalue weighted by molar-refractivity contribution is 6.35. The Morgan fingerprint density at radius 2 is 1.71 bits per heavy atom.